The van der Waals surface area contributed by atoms with E-state index in [1.54, 1.807) is 12.1 Å². The Kier molecular flexibility index (Phi) is 5.20. The van der Waals surface area contributed by atoms with Crippen LogP contribution >= 0.6 is 0 Å². The van der Waals surface area contributed by atoms with E-state index in [9.17, 15) is 9.18 Å². The zero-order valence-electron chi connectivity index (χ0n) is 13.8. The second kappa shape index (κ2) is 7.53. The van der Waals surface area contributed by atoms with E-state index in [-0.39, 0.29) is 11.6 Å². The number of anilines is 1. The molecule has 4 nitrogen and oxygen atoms in total. The number of pyridine rings is 1. The predicted molar refractivity (Wildman–Crippen MR) is 92.4 cm³/mol. The molecule has 1 N–H and O–H groups in total. The number of carbonyl (C=O) groups is 1. The minimum absolute atomic E-state index is 0.171. The molecule has 0 radical (unpaired) electrons. The van der Waals surface area contributed by atoms with Crippen molar-refractivity contribution < 1.29 is 9.18 Å². The van der Waals surface area contributed by atoms with Gasteiger partial charge in [-0.3, -0.25) is 14.7 Å². The third kappa shape index (κ3) is 4.17. The molecule has 2 heterocycles. The number of halogens is 1. The Labute approximate surface area is 141 Å². The van der Waals surface area contributed by atoms with Crippen molar-refractivity contribution in [2.75, 3.05) is 25.0 Å². The standard InChI is InChI=1S/C19H22FN3O/c1-14-5-6-16(20)18(12-14)22-19(24)13-23-10-7-15(8-11-23)17-4-2-3-9-21-17/h2-6,9,12,15H,7-8,10-11,13H2,1H3,(H,22,24). The van der Waals surface area contributed by atoms with Gasteiger partial charge >= 0.3 is 0 Å². The number of piperidine rings is 1. The number of nitrogens with zero attached hydrogens (tertiary/aromatic N) is 2. The number of hydrogen-bond donors (Lipinski definition) is 1. The summed E-state index contributed by atoms with van der Waals surface area (Å²) in [5, 5.41) is 2.67. The van der Waals surface area contributed by atoms with Crippen molar-refractivity contribution in [2.45, 2.75) is 25.7 Å². The number of benzene rings is 1. The topological polar surface area (TPSA) is 45.2 Å². The Morgan fingerprint density at radius 2 is 2.08 bits per heavy atom. The fraction of sp³-hybridized carbons (Fsp3) is 0.368. The summed E-state index contributed by atoms with van der Waals surface area (Å²) in [7, 11) is 0. The smallest absolute Gasteiger partial charge is 0.238 e. The molecule has 24 heavy (non-hydrogen) atoms. The lowest BCUT2D eigenvalue weighted by Crippen LogP contribution is -2.39. The Morgan fingerprint density at radius 1 is 1.29 bits per heavy atom. The molecule has 1 aromatic carbocycles. The maximum Gasteiger partial charge on any atom is 0.238 e. The van der Waals surface area contributed by atoms with Gasteiger partial charge in [-0.05, 0) is 62.7 Å². The Bertz CT molecular complexity index is 697. The average Bonchev–Trinajstić information content (AvgIpc) is 2.59. The van der Waals surface area contributed by atoms with Crippen LogP contribution in [0.25, 0.3) is 0 Å². The van der Waals surface area contributed by atoms with Gasteiger partial charge in [0.1, 0.15) is 5.82 Å². The number of rotatable bonds is 4. The molecule has 5 heteroatoms. The van der Waals surface area contributed by atoms with Crippen LogP contribution in [-0.4, -0.2) is 35.4 Å². The van der Waals surface area contributed by atoms with Gasteiger partial charge in [-0.1, -0.05) is 12.1 Å². The normalized spacial score (nSPS) is 16.1. The highest BCUT2D eigenvalue weighted by Gasteiger charge is 2.22. The van der Waals surface area contributed by atoms with Crippen LogP contribution in [0.2, 0.25) is 0 Å². The lowest BCUT2D eigenvalue weighted by Gasteiger charge is -2.31. The predicted octanol–water partition coefficient (Wildman–Crippen LogP) is 3.35. The highest BCUT2D eigenvalue weighted by Crippen LogP contribution is 2.26. The lowest BCUT2D eigenvalue weighted by atomic mass is 9.93. The largest absolute Gasteiger partial charge is 0.322 e. The minimum atomic E-state index is -0.400. The van der Waals surface area contributed by atoms with Crippen LogP contribution in [0.3, 0.4) is 0 Å². The Hall–Kier alpha value is -2.27. The van der Waals surface area contributed by atoms with Gasteiger partial charge in [0.15, 0.2) is 0 Å². The SMILES string of the molecule is Cc1ccc(F)c(NC(=O)CN2CCC(c3ccccn3)CC2)c1. The van der Waals surface area contributed by atoms with E-state index in [0.717, 1.165) is 37.2 Å². The van der Waals surface area contributed by atoms with E-state index in [1.165, 1.54) is 6.07 Å². The molecule has 0 aliphatic carbocycles. The number of aryl methyl sites for hydroxylation is 1. The van der Waals surface area contributed by atoms with Crippen molar-refractivity contribution in [2.24, 2.45) is 0 Å². The maximum atomic E-state index is 13.7. The van der Waals surface area contributed by atoms with Crippen LogP contribution < -0.4 is 5.32 Å². The van der Waals surface area contributed by atoms with E-state index < -0.39 is 5.82 Å². The zero-order chi connectivity index (χ0) is 16.9. The van der Waals surface area contributed by atoms with Crippen LogP contribution in [0.1, 0.15) is 30.0 Å². The van der Waals surface area contributed by atoms with Gasteiger partial charge in [-0.2, -0.15) is 0 Å². The first-order chi connectivity index (χ1) is 11.6. The van der Waals surface area contributed by atoms with Crippen molar-refractivity contribution in [3.63, 3.8) is 0 Å². The van der Waals surface area contributed by atoms with Crippen LogP contribution in [0, 0.1) is 12.7 Å². The van der Waals surface area contributed by atoms with Gasteiger partial charge in [-0.15, -0.1) is 0 Å². The first kappa shape index (κ1) is 16.6. The number of nitrogens with one attached hydrogen (secondary N) is 1. The number of carbonyl (C=O) groups excluding carboxylic acids is 1. The highest BCUT2D eigenvalue weighted by molar-refractivity contribution is 5.92. The number of hydrogen-bond acceptors (Lipinski definition) is 3. The molecule has 1 aromatic heterocycles. The summed E-state index contributed by atoms with van der Waals surface area (Å²) in [6.07, 6.45) is 3.80. The number of amides is 1. The number of aromatic nitrogens is 1. The third-order valence-corrected chi connectivity index (χ3v) is 4.46. The second-order valence-corrected chi connectivity index (χ2v) is 6.34. The van der Waals surface area contributed by atoms with Gasteiger partial charge in [0.05, 0.1) is 12.2 Å². The van der Waals surface area contributed by atoms with Crippen molar-refractivity contribution in [3.05, 3.63) is 59.7 Å². The summed E-state index contributed by atoms with van der Waals surface area (Å²) in [4.78, 5) is 18.7. The van der Waals surface area contributed by atoms with Gasteiger partial charge in [0.25, 0.3) is 0 Å². The third-order valence-electron chi connectivity index (χ3n) is 4.46. The van der Waals surface area contributed by atoms with Gasteiger partial charge < -0.3 is 5.32 Å². The van der Waals surface area contributed by atoms with Crippen molar-refractivity contribution in [3.8, 4) is 0 Å². The Morgan fingerprint density at radius 3 is 2.79 bits per heavy atom. The summed E-state index contributed by atoms with van der Waals surface area (Å²) in [6.45, 7) is 3.87. The van der Waals surface area contributed by atoms with Gasteiger partial charge in [-0.25, -0.2) is 4.39 Å². The number of likely N-dealkylation sites (tertiary alicyclic amines) is 1. The van der Waals surface area contributed by atoms with E-state index >= 15 is 0 Å². The molecule has 3 rings (SSSR count). The van der Waals surface area contributed by atoms with Crippen molar-refractivity contribution >= 4 is 11.6 Å². The van der Waals surface area contributed by atoms with Crippen LogP contribution in [0.4, 0.5) is 10.1 Å². The summed E-state index contributed by atoms with van der Waals surface area (Å²) < 4.78 is 13.7. The lowest BCUT2D eigenvalue weighted by molar-refractivity contribution is -0.117. The van der Waals surface area contributed by atoms with Gasteiger partial charge in [0.2, 0.25) is 5.91 Å². The van der Waals surface area contributed by atoms with Crippen LogP contribution in [-0.2, 0) is 4.79 Å². The molecule has 126 valence electrons. The second-order valence-electron chi connectivity index (χ2n) is 6.34. The van der Waals surface area contributed by atoms with Crippen molar-refractivity contribution in [1.82, 2.24) is 9.88 Å². The first-order valence-corrected chi connectivity index (χ1v) is 8.31. The van der Waals surface area contributed by atoms with Crippen LogP contribution in [0.15, 0.2) is 42.6 Å². The molecular formula is C19H22FN3O. The van der Waals surface area contributed by atoms with Gasteiger partial charge in [0, 0.05) is 17.8 Å². The quantitative estimate of drug-likeness (QED) is 0.937. The minimum Gasteiger partial charge on any atom is -0.322 e. The summed E-state index contributed by atoms with van der Waals surface area (Å²) in [6, 6.07) is 10.7. The fourth-order valence-electron chi connectivity index (χ4n) is 3.13. The summed E-state index contributed by atoms with van der Waals surface area (Å²) in [5.74, 6) is -0.113. The van der Waals surface area contributed by atoms with E-state index in [4.69, 9.17) is 0 Å². The molecule has 0 spiro atoms. The molecule has 2 aromatic rings. The van der Waals surface area contributed by atoms with Crippen LogP contribution in [0.5, 0.6) is 0 Å². The zero-order valence-corrected chi connectivity index (χ0v) is 13.8. The molecule has 0 atom stereocenters. The highest BCUT2D eigenvalue weighted by atomic mass is 19.1. The summed E-state index contributed by atoms with van der Waals surface area (Å²) >= 11 is 0. The van der Waals surface area contributed by atoms with E-state index in [2.05, 4.69) is 21.3 Å². The molecule has 0 unspecified atom stereocenters. The fourth-order valence-corrected chi connectivity index (χ4v) is 3.13. The first-order valence-electron chi connectivity index (χ1n) is 8.31. The van der Waals surface area contributed by atoms with E-state index in [1.807, 2.05) is 25.3 Å². The average molecular weight is 327 g/mol. The molecule has 1 aliphatic rings. The maximum absolute atomic E-state index is 13.7. The molecule has 0 saturated carbocycles. The molecule has 1 aliphatic heterocycles. The molecule has 1 fully saturated rings. The Balaban J connectivity index is 1.51. The monoisotopic (exact) mass is 327 g/mol. The van der Waals surface area contributed by atoms with Crippen molar-refractivity contribution in [1.29, 1.82) is 0 Å². The molecule has 1 saturated heterocycles. The molecule has 0 bridgehead atoms. The molecule has 1 amide bonds. The summed E-state index contributed by atoms with van der Waals surface area (Å²) in [5.41, 5.74) is 2.30. The van der Waals surface area contributed by atoms with E-state index in [0.29, 0.717) is 12.5 Å². The molecular weight excluding hydrogens is 305 g/mol.